The summed E-state index contributed by atoms with van der Waals surface area (Å²) in [6.45, 7) is 0.232. The SMILES string of the molecule is COCCOC(=O)Nc1cccc(NC(=O)COc2ccc(Cl)c3cccnc23)c1. The van der Waals surface area contributed by atoms with Gasteiger partial charge in [-0.25, -0.2) is 4.79 Å². The Morgan fingerprint density at radius 3 is 2.63 bits per heavy atom. The van der Waals surface area contributed by atoms with E-state index in [0.717, 1.165) is 5.39 Å². The molecule has 156 valence electrons. The summed E-state index contributed by atoms with van der Waals surface area (Å²) in [5, 5.41) is 6.59. The number of ether oxygens (including phenoxy) is 3. The second-order valence-corrected chi connectivity index (χ2v) is 6.52. The first-order chi connectivity index (χ1) is 14.6. The van der Waals surface area contributed by atoms with Gasteiger partial charge in [-0.1, -0.05) is 17.7 Å². The van der Waals surface area contributed by atoms with Gasteiger partial charge in [-0.05, 0) is 42.5 Å². The Morgan fingerprint density at radius 1 is 1.03 bits per heavy atom. The van der Waals surface area contributed by atoms with Crippen LogP contribution >= 0.6 is 11.6 Å². The largest absolute Gasteiger partial charge is 0.481 e. The monoisotopic (exact) mass is 429 g/mol. The van der Waals surface area contributed by atoms with E-state index in [0.29, 0.717) is 34.3 Å². The van der Waals surface area contributed by atoms with Gasteiger partial charge in [-0.3, -0.25) is 15.1 Å². The lowest BCUT2D eigenvalue weighted by molar-refractivity contribution is -0.118. The predicted octanol–water partition coefficient (Wildman–Crippen LogP) is 4.10. The van der Waals surface area contributed by atoms with E-state index in [-0.39, 0.29) is 19.1 Å². The minimum absolute atomic E-state index is 0.143. The molecule has 0 unspecified atom stereocenters. The van der Waals surface area contributed by atoms with Crippen molar-refractivity contribution in [3.05, 3.63) is 59.8 Å². The fourth-order valence-corrected chi connectivity index (χ4v) is 2.83. The number of amides is 2. The third-order valence-corrected chi connectivity index (χ3v) is 4.28. The molecule has 2 N–H and O–H groups in total. The zero-order chi connectivity index (χ0) is 21.3. The van der Waals surface area contributed by atoms with Crippen LogP contribution in [0.15, 0.2) is 54.7 Å². The molecule has 3 rings (SSSR count). The Labute approximate surface area is 178 Å². The van der Waals surface area contributed by atoms with Gasteiger partial charge < -0.3 is 19.5 Å². The molecule has 0 aliphatic carbocycles. The van der Waals surface area contributed by atoms with Gasteiger partial charge in [0.05, 0.1) is 11.6 Å². The van der Waals surface area contributed by atoms with Gasteiger partial charge >= 0.3 is 6.09 Å². The Hall–Kier alpha value is -3.36. The average Bonchev–Trinajstić information content (AvgIpc) is 2.74. The molecule has 0 radical (unpaired) electrons. The molecule has 8 nitrogen and oxygen atoms in total. The molecular formula is C21H20ClN3O5. The first-order valence-corrected chi connectivity index (χ1v) is 9.43. The summed E-state index contributed by atoms with van der Waals surface area (Å²) in [6, 6.07) is 13.6. The maximum Gasteiger partial charge on any atom is 0.411 e. The van der Waals surface area contributed by atoms with E-state index in [4.69, 9.17) is 25.8 Å². The number of nitrogens with zero attached hydrogens (tertiary/aromatic N) is 1. The van der Waals surface area contributed by atoms with Crippen molar-refractivity contribution >= 4 is 45.9 Å². The standard InChI is InChI=1S/C21H20ClN3O5/c1-28-10-11-29-21(27)25-15-5-2-4-14(12-15)24-19(26)13-30-18-8-7-17(22)16-6-3-9-23-20(16)18/h2-9,12H,10-11,13H2,1H3,(H,24,26)(H,25,27). The fourth-order valence-electron chi connectivity index (χ4n) is 2.62. The van der Waals surface area contributed by atoms with E-state index in [1.165, 1.54) is 7.11 Å². The molecule has 0 fully saturated rings. The summed E-state index contributed by atoms with van der Waals surface area (Å²) in [5.74, 6) is 0.0909. The van der Waals surface area contributed by atoms with Crippen LogP contribution in [0.25, 0.3) is 10.9 Å². The highest BCUT2D eigenvalue weighted by atomic mass is 35.5. The topological polar surface area (TPSA) is 98.8 Å². The van der Waals surface area contributed by atoms with Crippen LogP contribution in [-0.2, 0) is 14.3 Å². The number of methoxy groups -OCH3 is 1. The maximum atomic E-state index is 12.3. The van der Waals surface area contributed by atoms with E-state index in [1.54, 1.807) is 48.7 Å². The van der Waals surface area contributed by atoms with Crippen molar-refractivity contribution < 1.29 is 23.8 Å². The second kappa shape index (κ2) is 10.4. The molecule has 2 amide bonds. The van der Waals surface area contributed by atoms with E-state index >= 15 is 0 Å². The van der Waals surface area contributed by atoms with Gasteiger partial charge in [0, 0.05) is 30.1 Å². The Bertz CT molecular complexity index is 1040. The first-order valence-electron chi connectivity index (χ1n) is 9.05. The molecule has 1 aromatic heterocycles. The van der Waals surface area contributed by atoms with Gasteiger partial charge in [0.25, 0.3) is 5.91 Å². The van der Waals surface area contributed by atoms with E-state index in [9.17, 15) is 9.59 Å². The number of carbonyl (C=O) groups is 2. The number of carbonyl (C=O) groups excluding carboxylic acids is 2. The van der Waals surface area contributed by atoms with Crippen molar-refractivity contribution in [3.8, 4) is 5.75 Å². The summed E-state index contributed by atoms with van der Waals surface area (Å²) >= 11 is 6.17. The van der Waals surface area contributed by atoms with Crippen LogP contribution in [0.2, 0.25) is 5.02 Å². The molecule has 0 bridgehead atoms. The van der Waals surface area contributed by atoms with Gasteiger partial charge in [-0.15, -0.1) is 0 Å². The third kappa shape index (κ3) is 5.82. The molecule has 0 saturated carbocycles. The lowest BCUT2D eigenvalue weighted by Gasteiger charge is -2.11. The summed E-state index contributed by atoms with van der Waals surface area (Å²) in [5.41, 5.74) is 1.55. The number of pyridine rings is 1. The van der Waals surface area contributed by atoms with Crippen molar-refractivity contribution in [1.29, 1.82) is 0 Å². The van der Waals surface area contributed by atoms with Crippen LogP contribution in [0.5, 0.6) is 5.75 Å². The molecule has 2 aromatic carbocycles. The first kappa shape index (κ1) is 21.4. The quantitative estimate of drug-likeness (QED) is 0.523. The smallest absolute Gasteiger partial charge is 0.411 e. The summed E-state index contributed by atoms with van der Waals surface area (Å²) in [7, 11) is 1.52. The molecule has 30 heavy (non-hydrogen) atoms. The highest BCUT2D eigenvalue weighted by Crippen LogP contribution is 2.29. The van der Waals surface area contributed by atoms with E-state index in [1.807, 2.05) is 6.07 Å². The van der Waals surface area contributed by atoms with Crippen LogP contribution < -0.4 is 15.4 Å². The molecular weight excluding hydrogens is 410 g/mol. The van der Waals surface area contributed by atoms with Crippen LogP contribution in [0.1, 0.15) is 0 Å². The van der Waals surface area contributed by atoms with Crippen LogP contribution in [0.3, 0.4) is 0 Å². The zero-order valence-electron chi connectivity index (χ0n) is 16.2. The van der Waals surface area contributed by atoms with Crippen molar-refractivity contribution in [2.24, 2.45) is 0 Å². The summed E-state index contributed by atoms with van der Waals surface area (Å²) < 4.78 is 15.4. The van der Waals surface area contributed by atoms with Gasteiger partial charge in [0.15, 0.2) is 6.61 Å². The Balaban J connectivity index is 1.57. The zero-order valence-corrected chi connectivity index (χ0v) is 16.9. The minimum Gasteiger partial charge on any atom is -0.481 e. The van der Waals surface area contributed by atoms with Crippen molar-refractivity contribution in [3.63, 3.8) is 0 Å². The molecule has 0 saturated heterocycles. The van der Waals surface area contributed by atoms with Gasteiger partial charge in [0.1, 0.15) is 17.9 Å². The van der Waals surface area contributed by atoms with E-state index < -0.39 is 6.09 Å². The lowest BCUT2D eigenvalue weighted by atomic mass is 10.2. The number of benzene rings is 2. The minimum atomic E-state index is -0.610. The van der Waals surface area contributed by atoms with Crippen molar-refractivity contribution in [2.45, 2.75) is 0 Å². The number of rotatable bonds is 8. The number of hydrogen-bond acceptors (Lipinski definition) is 6. The number of nitrogens with one attached hydrogen (secondary N) is 2. The molecule has 0 aliphatic rings. The van der Waals surface area contributed by atoms with Crippen LogP contribution in [0, 0.1) is 0 Å². The highest BCUT2D eigenvalue weighted by Gasteiger charge is 2.10. The lowest BCUT2D eigenvalue weighted by Crippen LogP contribution is -2.20. The van der Waals surface area contributed by atoms with Gasteiger partial charge in [-0.2, -0.15) is 0 Å². The average molecular weight is 430 g/mol. The number of fused-ring (bicyclic) bond motifs is 1. The Morgan fingerprint density at radius 2 is 1.83 bits per heavy atom. The number of hydrogen-bond donors (Lipinski definition) is 2. The molecule has 9 heteroatoms. The third-order valence-electron chi connectivity index (χ3n) is 3.95. The molecule has 0 aliphatic heterocycles. The summed E-state index contributed by atoms with van der Waals surface area (Å²) in [6.07, 6.45) is 1.02. The molecule has 0 atom stereocenters. The number of aromatic nitrogens is 1. The normalized spacial score (nSPS) is 10.5. The van der Waals surface area contributed by atoms with Crippen LogP contribution in [0.4, 0.5) is 16.2 Å². The van der Waals surface area contributed by atoms with Gasteiger partial charge in [0.2, 0.25) is 0 Å². The Kier molecular flexibility index (Phi) is 7.42. The second-order valence-electron chi connectivity index (χ2n) is 6.12. The van der Waals surface area contributed by atoms with E-state index in [2.05, 4.69) is 15.6 Å². The predicted molar refractivity (Wildman–Crippen MR) is 114 cm³/mol. The maximum absolute atomic E-state index is 12.3. The molecule has 0 spiro atoms. The van der Waals surface area contributed by atoms with Crippen molar-refractivity contribution in [1.82, 2.24) is 4.98 Å². The molecule has 3 aromatic rings. The number of anilines is 2. The fraction of sp³-hybridized carbons (Fsp3) is 0.190. The van der Waals surface area contributed by atoms with Crippen molar-refractivity contribution in [2.75, 3.05) is 37.6 Å². The summed E-state index contributed by atoms with van der Waals surface area (Å²) in [4.78, 5) is 28.3. The number of halogens is 1. The highest BCUT2D eigenvalue weighted by molar-refractivity contribution is 6.35. The van der Waals surface area contributed by atoms with Crippen LogP contribution in [-0.4, -0.2) is 43.9 Å². The molecule has 1 heterocycles.